The van der Waals surface area contributed by atoms with E-state index in [2.05, 4.69) is 15.3 Å². The summed E-state index contributed by atoms with van der Waals surface area (Å²) in [7, 11) is -3.47. The zero-order valence-electron chi connectivity index (χ0n) is 17.7. The van der Waals surface area contributed by atoms with Crippen molar-refractivity contribution in [1.82, 2.24) is 15.3 Å². The number of hydrogen-bond donors (Lipinski definition) is 1. The van der Waals surface area contributed by atoms with Crippen molar-refractivity contribution in [1.29, 1.82) is 0 Å². The third-order valence-corrected chi connectivity index (χ3v) is 5.55. The largest absolute Gasteiger partial charge is 0.379 e. The van der Waals surface area contributed by atoms with E-state index in [1.807, 2.05) is 0 Å². The molecule has 1 aliphatic heterocycles. The minimum Gasteiger partial charge on any atom is -0.379 e. The summed E-state index contributed by atoms with van der Waals surface area (Å²) < 4.78 is 40.2. The van der Waals surface area contributed by atoms with Crippen LogP contribution < -0.4 is 5.32 Å². The molecule has 10 heteroatoms. The lowest BCUT2D eigenvalue weighted by molar-refractivity contribution is -0.121. The van der Waals surface area contributed by atoms with Gasteiger partial charge in [0.15, 0.2) is 0 Å². The summed E-state index contributed by atoms with van der Waals surface area (Å²) >= 11 is 0. The number of sulfone groups is 1. The van der Waals surface area contributed by atoms with Crippen molar-refractivity contribution < 1.29 is 27.4 Å². The molecule has 1 amide bonds. The zero-order chi connectivity index (χ0) is 21.7. The first kappa shape index (κ1) is 24.6. The molecule has 170 valence electrons. The first-order valence-corrected chi connectivity index (χ1v) is 12.4. The molecular weight excluding hydrogens is 410 g/mol. The van der Waals surface area contributed by atoms with Gasteiger partial charge in [-0.25, -0.2) is 18.4 Å². The molecule has 1 N–H and O–H groups in total. The van der Waals surface area contributed by atoms with Crippen molar-refractivity contribution in [3.05, 3.63) is 18.0 Å². The molecule has 0 aliphatic carbocycles. The monoisotopic (exact) mass is 443 g/mol. The van der Waals surface area contributed by atoms with Crippen LogP contribution in [0.2, 0.25) is 0 Å². The summed E-state index contributed by atoms with van der Waals surface area (Å²) in [6.07, 6.45) is 10.4. The number of nitrogens with one attached hydrogen (secondary N) is 1. The molecule has 1 unspecified atom stereocenters. The van der Waals surface area contributed by atoms with Crippen LogP contribution in [0.5, 0.6) is 0 Å². The van der Waals surface area contributed by atoms with E-state index in [9.17, 15) is 13.2 Å². The molecule has 0 bridgehead atoms. The van der Waals surface area contributed by atoms with Gasteiger partial charge in [-0.1, -0.05) is 25.7 Å². The van der Waals surface area contributed by atoms with Crippen LogP contribution in [0.25, 0.3) is 0 Å². The smallest absolute Gasteiger partial charge is 0.246 e. The van der Waals surface area contributed by atoms with E-state index in [4.69, 9.17) is 14.2 Å². The van der Waals surface area contributed by atoms with E-state index >= 15 is 0 Å². The molecule has 1 aromatic rings. The van der Waals surface area contributed by atoms with E-state index in [1.54, 1.807) is 0 Å². The van der Waals surface area contributed by atoms with Crippen LogP contribution in [-0.2, 0) is 28.8 Å². The summed E-state index contributed by atoms with van der Waals surface area (Å²) in [6, 6.07) is 0. The van der Waals surface area contributed by atoms with Crippen molar-refractivity contribution >= 4 is 15.7 Å². The number of rotatable bonds is 2. The minimum atomic E-state index is -3.47. The van der Waals surface area contributed by atoms with Gasteiger partial charge in [-0.3, -0.25) is 4.79 Å². The van der Waals surface area contributed by atoms with E-state index in [-0.39, 0.29) is 17.7 Å². The molecule has 2 heterocycles. The summed E-state index contributed by atoms with van der Waals surface area (Å²) in [5.41, 5.74) is 0.612. The van der Waals surface area contributed by atoms with Gasteiger partial charge < -0.3 is 19.5 Å². The van der Waals surface area contributed by atoms with E-state index in [0.29, 0.717) is 45.0 Å². The highest BCUT2D eigenvalue weighted by molar-refractivity contribution is 7.90. The molecular formula is C20H33N3O6S. The van der Waals surface area contributed by atoms with Gasteiger partial charge in [0.2, 0.25) is 20.9 Å². The van der Waals surface area contributed by atoms with Crippen molar-refractivity contribution in [3.63, 3.8) is 0 Å². The number of nitrogens with zero attached hydrogens (tertiary/aromatic N) is 2. The molecule has 1 aliphatic rings. The second-order valence-electron chi connectivity index (χ2n) is 7.34. The molecule has 1 aromatic heterocycles. The fraction of sp³-hybridized carbons (Fsp3) is 0.750. The third kappa shape index (κ3) is 9.92. The fourth-order valence-electron chi connectivity index (χ4n) is 3.01. The molecule has 0 spiro atoms. The summed E-state index contributed by atoms with van der Waals surface area (Å²) in [5.74, 6) is 0.0264. The van der Waals surface area contributed by atoms with Crippen LogP contribution in [0.15, 0.2) is 17.6 Å². The second-order valence-corrected chi connectivity index (χ2v) is 9.25. The van der Waals surface area contributed by atoms with Gasteiger partial charge >= 0.3 is 0 Å². The Morgan fingerprint density at radius 3 is 2.33 bits per heavy atom. The Bertz CT molecular complexity index is 727. The SMILES string of the molecule is CS(=O)(=O)c1ncc(C2COCCOCCCCCCCCC(=O)NCCO2)cn1. The van der Waals surface area contributed by atoms with Gasteiger partial charge in [0.25, 0.3) is 0 Å². The molecule has 1 fully saturated rings. The Kier molecular flexibility index (Phi) is 11.2. The van der Waals surface area contributed by atoms with Gasteiger partial charge in [-0.05, 0) is 12.8 Å². The Morgan fingerprint density at radius 1 is 0.933 bits per heavy atom. The van der Waals surface area contributed by atoms with Crippen LogP contribution in [0, 0.1) is 0 Å². The maximum absolute atomic E-state index is 11.9. The van der Waals surface area contributed by atoms with Crippen LogP contribution in [-0.4, -0.2) is 70.1 Å². The van der Waals surface area contributed by atoms with Crippen LogP contribution in [0.4, 0.5) is 0 Å². The lowest BCUT2D eigenvalue weighted by Gasteiger charge is -2.18. The molecule has 2 rings (SSSR count). The highest BCUT2D eigenvalue weighted by atomic mass is 32.2. The highest BCUT2D eigenvalue weighted by Gasteiger charge is 2.17. The first-order chi connectivity index (χ1) is 14.5. The lowest BCUT2D eigenvalue weighted by Crippen LogP contribution is -2.28. The number of ether oxygens (including phenoxy) is 3. The van der Waals surface area contributed by atoms with Crippen LogP contribution >= 0.6 is 0 Å². The van der Waals surface area contributed by atoms with E-state index in [1.165, 1.54) is 12.4 Å². The standard InChI is InChI=1S/C20H33N3O6S/c1-30(25,26)20-22-14-17(15-23-20)18-16-28-13-12-27-10-7-5-3-2-4-6-8-19(24)21-9-11-29-18/h14-15,18H,2-13,16H2,1H3,(H,21,24). The molecule has 1 saturated heterocycles. The normalized spacial score (nSPS) is 22.3. The maximum atomic E-state index is 11.9. The molecule has 9 nitrogen and oxygen atoms in total. The molecule has 0 radical (unpaired) electrons. The third-order valence-electron chi connectivity index (χ3n) is 4.68. The fourth-order valence-corrected chi connectivity index (χ4v) is 3.50. The van der Waals surface area contributed by atoms with Crippen LogP contribution in [0.3, 0.4) is 0 Å². The van der Waals surface area contributed by atoms with Crippen molar-refractivity contribution in [2.75, 3.05) is 45.8 Å². The van der Waals surface area contributed by atoms with Gasteiger partial charge in [0.1, 0.15) is 6.10 Å². The van der Waals surface area contributed by atoms with Crippen molar-refractivity contribution in [3.8, 4) is 0 Å². The van der Waals surface area contributed by atoms with Gasteiger partial charge in [-0.15, -0.1) is 0 Å². The summed E-state index contributed by atoms with van der Waals surface area (Å²) in [6.45, 7) is 2.58. The molecule has 1 atom stereocenters. The quantitative estimate of drug-likeness (QED) is 0.688. The number of amides is 1. The highest BCUT2D eigenvalue weighted by Crippen LogP contribution is 2.17. The number of hydrogen-bond acceptors (Lipinski definition) is 8. The lowest BCUT2D eigenvalue weighted by atomic mass is 10.1. The second kappa shape index (κ2) is 13.6. The number of aromatic nitrogens is 2. The topological polar surface area (TPSA) is 117 Å². The Hall–Kier alpha value is -1.62. The predicted octanol–water partition coefficient (Wildman–Crippen LogP) is 1.83. The predicted molar refractivity (Wildman–Crippen MR) is 111 cm³/mol. The molecule has 0 aromatic carbocycles. The summed E-state index contributed by atoms with van der Waals surface area (Å²) in [5, 5.41) is 2.63. The average Bonchev–Trinajstić information content (AvgIpc) is 2.72. The molecule has 0 saturated carbocycles. The molecule has 30 heavy (non-hydrogen) atoms. The Labute approximate surface area is 178 Å². The van der Waals surface area contributed by atoms with E-state index < -0.39 is 15.9 Å². The minimum absolute atomic E-state index is 0.0264. The van der Waals surface area contributed by atoms with E-state index in [0.717, 1.165) is 44.8 Å². The average molecular weight is 444 g/mol. The first-order valence-electron chi connectivity index (χ1n) is 10.5. The summed E-state index contributed by atoms with van der Waals surface area (Å²) in [4.78, 5) is 19.8. The van der Waals surface area contributed by atoms with Crippen molar-refractivity contribution in [2.24, 2.45) is 0 Å². The van der Waals surface area contributed by atoms with Gasteiger partial charge in [0.05, 0.1) is 26.4 Å². The Morgan fingerprint density at radius 2 is 1.60 bits per heavy atom. The Balaban J connectivity index is 1.93. The number of carbonyl (C=O) groups is 1. The van der Waals surface area contributed by atoms with Crippen molar-refractivity contribution in [2.45, 2.75) is 56.2 Å². The van der Waals surface area contributed by atoms with Gasteiger partial charge in [-0.2, -0.15) is 0 Å². The maximum Gasteiger partial charge on any atom is 0.246 e. The van der Waals surface area contributed by atoms with Crippen LogP contribution in [0.1, 0.15) is 56.6 Å². The van der Waals surface area contributed by atoms with Gasteiger partial charge in [0, 0.05) is 43.8 Å². The zero-order valence-corrected chi connectivity index (χ0v) is 18.5. The number of carbonyl (C=O) groups excluding carboxylic acids is 1.